The van der Waals surface area contributed by atoms with Gasteiger partial charge in [0.1, 0.15) is 12.0 Å². The minimum atomic E-state index is -0.162. The Morgan fingerprint density at radius 1 is 1.77 bits per heavy atom. The van der Waals surface area contributed by atoms with Crippen molar-refractivity contribution in [3.63, 3.8) is 0 Å². The average molecular weight is 177 g/mol. The number of carbonyl (C=O) groups is 1. The lowest BCUT2D eigenvalue weighted by molar-refractivity contribution is 0.101. The molecule has 0 aliphatic carbocycles. The molecule has 0 fully saturated rings. The van der Waals surface area contributed by atoms with Crippen molar-refractivity contribution in [1.82, 2.24) is 9.97 Å². The lowest BCUT2D eigenvalue weighted by Crippen LogP contribution is -2.02. The molecule has 0 aliphatic rings. The minimum absolute atomic E-state index is 0.103. The van der Waals surface area contributed by atoms with Crippen LogP contribution in [0.2, 0.25) is 0 Å². The summed E-state index contributed by atoms with van der Waals surface area (Å²) in [5.41, 5.74) is 8.95. The maximum atomic E-state index is 11.0. The topological polar surface area (TPSA) is 91.6 Å². The van der Waals surface area contributed by atoms with E-state index in [2.05, 4.69) is 20.0 Å². The van der Waals surface area contributed by atoms with Crippen LogP contribution in [0, 0.1) is 0 Å². The van der Waals surface area contributed by atoms with Crippen molar-refractivity contribution in [2.24, 2.45) is 5.11 Å². The molecule has 0 N–H and O–H groups in total. The van der Waals surface area contributed by atoms with E-state index < -0.39 is 0 Å². The van der Waals surface area contributed by atoms with Crippen molar-refractivity contribution in [2.45, 2.75) is 13.5 Å². The molecule has 0 saturated heterocycles. The third-order valence-corrected chi connectivity index (χ3v) is 1.43. The Balaban J connectivity index is 3.04. The zero-order chi connectivity index (χ0) is 9.68. The van der Waals surface area contributed by atoms with E-state index in [1.54, 1.807) is 0 Å². The molecule has 66 valence electrons. The third-order valence-electron chi connectivity index (χ3n) is 1.43. The Labute approximate surface area is 74.3 Å². The summed E-state index contributed by atoms with van der Waals surface area (Å²) >= 11 is 0. The normalized spacial score (nSPS) is 9.00. The highest BCUT2D eigenvalue weighted by atomic mass is 16.1. The molecule has 0 aliphatic heterocycles. The van der Waals surface area contributed by atoms with Crippen LogP contribution in [0.3, 0.4) is 0 Å². The molecule has 6 nitrogen and oxygen atoms in total. The zero-order valence-corrected chi connectivity index (χ0v) is 7.01. The number of Topliss-reactive ketones (excluding diaryl/α,β-unsaturated/α-hetero) is 1. The van der Waals surface area contributed by atoms with Crippen molar-refractivity contribution in [1.29, 1.82) is 0 Å². The van der Waals surface area contributed by atoms with E-state index >= 15 is 0 Å². The Morgan fingerprint density at radius 2 is 2.54 bits per heavy atom. The fourth-order valence-electron chi connectivity index (χ4n) is 0.899. The van der Waals surface area contributed by atoms with Gasteiger partial charge in [-0.15, -0.1) is 0 Å². The van der Waals surface area contributed by atoms with Gasteiger partial charge in [0.25, 0.3) is 0 Å². The first kappa shape index (κ1) is 9.15. The summed E-state index contributed by atoms with van der Waals surface area (Å²) < 4.78 is 0. The van der Waals surface area contributed by atoms with Crippen LogP contribution in [0.15, 0.2) is 17.6 Å². The van der Waals surface area contributed by atoms with E-state index in [9.17, 15) is 4.79 Å². The number of hydrogen-bond donors (Lipinski definition) is 0. The molecule has 0 aromatic carbocycles. The van der Waals surface area contributed by atoms with Gasteiger partial charge < -0.3 is 0 Å². The van der Waals surface area contributed by atoms with Crippen molar-refractivity contribution in [2.75, 3.05) is 0 Å². The number of carbonyl (C=O) groups excluding carboxylic acids is 1. The molecular weight excluding hydrogens is 170 g/mol. The number of hydrogen-bond acceptors (Lipinski definition) is 4. The van der Waals surface area contributed by atoms with E-state index in [0.717, 1.165) is 0 Å². The summed E-state index contributed by atoms with van der Waals surface area (Å²) in [6.45, 7) is 1.51. The molecule has 0 atom stereocenters. The summed E-state index contributed by atoms with van der Waals surface area (Å²) in [6, 6.07) is 0. The van der Waals surface area contributed by atoms with Gasteiger partial charge in [0, 0.05) is 23.6 Å². The van der Waals surface area contributed by atoms with Gasteiger partial charge >= 0.3 is 0 Å². The van der Waals surface area contributed by atoms with E-state index in [4.69, 9.17) is 5.53 Å². The molecule has 1 rings (SSSR count). The second kappa shape index (κ2) is 4.18. The van der Waals surface area contributed by atoms with Crippen LogP contribution in [-0.2, 0) is 6.54 Å². The van der Waals surface area contributed by atoms with E-state index in [1.807, 2.05) is 0 Å². The van der Waals surface area contributed by atoms with E-state index in [-0.39, 0.29) is 12.3 Å². The van der Waals surface area contributed by atoms with Gasteiger partial charge in [0.05, 0.1) is 6.54 Å². The zero-order valence-electron chi connectivity index (χ0n) is 7.01. The Bertz CT molecular complexity index is 369. The van der Waals surface area contributed by atoms with Gasteiger partial charge in [-0.1, -0.05) is 5.11 Å². The molecule has 1 heterocycles. The van der Waals surface area contributed by atoms with Crippen molar-refractivity contribution in [3.05, 3.63) is 34.2 Å². The first-order valence-corrected chi connectivity index (χ1v) is 3.56. The molecule has 0 spiro atoms. The SMILES string of the molecule is CC(=O)c1ncncc1CN=[N+]=[N-]. The van der Waals surface area contributed by atoms with Gasteiger partial charge in [-0.25, -0.2) is 9.97 Å². The maximum Gasteiger partial charge on any atom is 0.178 e. The van der Waals surface area contributed by atoms with Crippen LogP contribution in [0.4, 0.5) is 0 Å². The number of aromatic nitrogens is 2. The summed E-state index contributed by atoms with van der Waals surface area (Å²) in [5, 5.41) is 3.33. The van der Waals surface area contributed by atoms with Crippen molar-refractivity contribution >= 4 is 5.78 Å². The highest BCUT2D eigenvalue weighted by molar-refractivity contribution is 5.93. The van der Waals surface area contributed by atoms with Crippen LogP contribution in [0.5, 0.6) is 0 Å². The van der Waals surface area contributed by atoms with Crippen LogP contribution in [0.25, 0.3) is 10.4 Å². The van der Waals surface area contributed by atoms with Gasteiger partial charge in [-0.2, -0.15) is 0 Å². The van der Waals surface area contributed by atoms with Gasteiger partial charge in [0.15, 0.2) is 5.78 Å². The lowest BCUT2D eigenvalue weighted by atomic mass is 10.2. The standard InChI is InChI=1S/C7H7N5O/c1-5(13)7-6(3-11-12-8)2-9-4-10-7/h2,4H,3H2,1H3. The predicted molar refractivity (Wildman–Crippen MR) is 44.9 cm³/mol. The summed E-state index contributed by atoms with van der Waals surface area (Å²) in [4.78, 5) is 21.1. The molecule has 1 aromatic rings. The second-order valence-corrected chi connectivity index (χ2v) is 2.34. The Hall–Kier alpha value is -1.94. The highest BCUT2D eigenvalue weighted by Crippen LogP contribution is 2.05. The number of ketones is 1. The molecular formula is C7H7N5O. The van der Waals surface area contributed by atoms with E-state index in [0.29, 0.717) is 11.3 Å². The van der Waals surface area contributed by atoms with Gasteiger partial charge in [-0.3, -0.25) is 4.79 Å². The Kier molecular flexibility index (Phi) is 2.94. The van der Waals surface area contributed by atoms with Crippen molar-refractivity contribution in [3.8, 4) is 0 Å². The van der Waals surface area contributed by atoms with Crippen LogP contribution < -0.4 is 0 Å². The quantitative estimate of drug-likeness (QED) is 0.303. The minimum Gasteiger partial charge on any atom is -0.293 e. The monoisotopic (exact) mass is 177 g/mol. The predicted octanol–water partition coefficient (Wildman–Crippen LogP) is 1.49. The Morgan fingerprint density at radius 3 is 3.15 bits per heavy atom. The average Bonchev–Trinajstić information content (AvgIpc) is 2.15. The fraction of sp³-hybridized carbons (Fsp3) is 0.286. The molecule has 6 heteroatoms. The first-order chi connectivity index (χ1) is 6.25. The lowest BCUT2D eigenvalue weighted by Gasteiger charge is -1.99. The number of nitrogens with zero attached hydrogens (tertiary/aromatic N) is 5. The fourth-order valence-corrected chi connectivity index (χ4v) is 0.899. The third kappa shape index (κ3) is 2.25. The summed E-state index contributed by atoms with van der Waals surface area (Å²) in [7, 11) is 0. The van der Waals surface area contributed by atoms with Gasteiger partial charge in [-0.05, 0) is 5.53 Å². The summed E-state index contributed by atoms with van der Waals surface area (Å²) in [5.74, 6) is -0.162. The molecule has 0 radical (unpaired) electrons. The van der Waals surface area contributed by atoms with Crippen LogP contribution in [-0.4, -0.2) is 15.8 Å². The largest absolute Gasteiger partial charge is 0.293 e. The molecule has 1 aromatic heterocycles. The summed E-state index contributed by atoms with van der Waals surface area (Å²) in [6.07, 6.45) is 2.76. The van der Waals surface area contributed by atoms with E-state index in [1.165, 1.54) is 19.4 Å². The smallest absolute Gasteiger partial charge is 0.178 e. The molecule has 0 amide bonds. The van der Waals surface area contributed by atoms with Crippen LogP contribution in [0.1, 0.15) is 23.0 Å². The van der Waals surface area contributed by atoms with Gasteiger partial charge in [0.2, 0.25) is 0 Å². The molecule has 0 unspecified atom stereocenters. The number of azide groups is 1. The molecule has 0 saturated carbocycles. The van der Waals surface area contributed by atoms with Crippen LogP contribution >= 0.6 is 0 Å². The maximum absolute atomic E-state index is 11.0. The second-order valence-electron chi connectivity index (χ2n) is 2.34. The molecule has 13 heavy (non-hydrogen) atoms. The van der Waals surface area contributed by atoms with Crippen molar-refractivity contribution < 1.29 is 4.79 Å². The number of rotatable bonds is 3. The highest BCUT2D eigenvalue weighted by Gasteiger charge is 2.06. The first-order valence-electron chi connectivity index (χ1n) is 3.56. The molecule has 0 bridgehead atoms.